The molecule has 8 heteroatoms. The van der Waals surface area contributed by atoms with E-state index in [4.69, 9.17) is 4.74 Å². The molecule has 1 aromatic carbocycles. The molecule has 1 aromatic heterocycles. The topological polar surface area (TPSA) is 79.7 Å². The van der Waals surface area contributed by atoms with Crippen LogP contribution in [0.5, 0.6) is 0 Å². The van der Waals surface area contributed by atoms with Gasteiger partial charge in [-0.1, -0.05) is 12.1 Å². The minimum absolute atomic E-state index is 0.110. The van der Waals surface area contributed by atoms with Crippen LogP contribution in [0.25, 0.3) is 0 Å². The lowest BCUT2D eigenvalue weighted by atomic mass is 9.98. The fourth-order valence-corrected chi connectivity index (χ4v) is 3.73. The van der Waals surface area contributed by atoms with Gasteiger partial charge < -0.3 is 19.9 Å². The number of carbonyl (C=O) groups is 2. The van der Waals surface area contributed by atoms with Gasteiger partial charge in [-0.2, -0.15) is 5.10 Å². The molecular weight excluding hydrogens is 394 g/mol. The van der Waals surface area contributed by atoms with Crippen molar-refractivity contribution >= 4 is 17.8 Å². The quantitative estimate of drug-likeness (QED) is 0.781. The summed E-state index contributed by atoms with van der Waals surface area (Å²) in [7, 11) is 1.75. The predicted octanol–water partition coefficient (Wildman–Crippen LogP) is 4.04. The number of likely N-dealkylation sites (tertiary alicyclic amines) is 1. The Bertz CT molecular complexity index is 876. The highest BCUT2D eigenvalue weighted by Crippen LogP contribution is 2.20. The summed E-state index contributed by atoms with van der Waals surface area (Å²) in [5.41, 5.74) is 1.31. The van der Waals surface area contributed by atoms with Crippen LogP contribution in [0.1, 0.15) is 39.2 Å². The highest BCUT2D eigenvalue weighted by Gasteiger charge is 2.27. The first kappa shape index (κ1) is 22.7. The molecule has 3 amide bonds. The Morgan fingerprint density at radius 1 is 1.29 bits per heavy atom. The molecule has 3 rings (SSSR count). The molecule has 168 valence electrons. The minimum atomic E-state index is -0.518. The number of ether oxygens (including phenoxy) is 1. The number of urea groups is 1. The van der Waals surface area contributed by atoms with Crippen LogP contribution in [0.3, 0.4) is 0 Å². The average Bonchev–Trinajstić information content (AvgIpc) is 3.20. The minimum Gasteiger partial charge on any atom is -0.444 e. The van der Waals surface area contributed by atoms with Crippen molar-refractivity contribution in [3.05, 3.63) is 48.3 Å². The zero-order chi connectivity index (χ0) is 22.4. The van der Waals surface area contributed by atoms with Gasteiger partial charge in [0, 0.05) is 44.8 Å². The number of anilines is 1. The van der Waals surface area contributed by atoms with Crippen molar-refractivity contribution in [1.29, 1.82) is 0 Å². The van der Waals surface area contributed by atoms with Crippen LogP contribution in [0.2, 0.25) is 0 Å². The summed E-state index contributed by atoms with van der Waals surface area (Å²) >= 11 is 0. The number of hydrogen-bond acceptors (Lipinski definition) is 4. The number of piperidine rings is 1. The molecule has 0 spiro atoms. The van der Waals surface area contributed by atoms with Crippen LogP contribution in [0.15, 0.2) is 42.7 Å². The van der Waals surface area contributed by atoms with Gasteiger partial charge >= 0.3 is 12.1 Å². The maximum Gasteiger partial charge on any atom is 0.410 e. The van der Waals surface area contributed by atoms with E-state index in [1.54, 1.807) is 18.1 Å². The van der Waals surface area contributed by atoms with Crippen molar-refractivity contribution in [2.75, 3.05) is 32.0 Å². The lowest BCUT2D eigenvalue weighted by Gasteiger charge is -2.35. The zero-order valence-electron chi connectivity index (χ0n) is 18.9. The molecule has 1 N–H and O–H groups in total. The van der Waals surface area contributed by atoms with Gasteiger partial charge in [-0.25, -0.2) is 9.59 Å². The van der Waals surface area contributed by atoms with Crippen LogP contribution < -0.4 is 5.32 Å². The van der Waals surface area contributed by atoms with Gasteiger partial charge in [-0.3, -0.25) is 4.68 Å². The molecular formula is C23H33N5O3. The van der Waals surface area contributed by atoms with E-state index in [0.717, 1.165) is 24.1 Å². The Morgan fingerprint density at radius 3 is 2.81 bits per heavy atom. The lowest BCUT2D eigenvalue weighted by Crippen LogP contribution is -2.46. The van der Waals surface area contributed by atoms with E-state index in [1.807, 2.05) is 66.9 Å². The van der Waals surface area contributed by atoms with E-state index in [9.17, 15) is 9.59 Å². The van der Waals surface area contributed by atoms with Crippen molar-refractivity contribution in [3.63, 3.8) is 0 Å². The fraction of sp³-hybridized carbons (Fsp3) is 0.522. The van der Waals surface area contributed by atoms with Crippen molar-refractivity contribution in [2.24, 2.45) is 5.92 Å². The molecule has 1 aliphatic heterocycles. The van der Waals surface area contributed by atoms with Gasteiger partial charge in [0.15, 0.2) is 0 Å². The van der Waals surface area contributed by atoms with Gasteiger partial charge in [0.25, 0.3) is 0 Å². The van der Waals surface area contributed by atoms with E-state index < -0.39 is 5.60 Å². The van der Waals surface area contributed by atoms with Crippen LogP contribution in [0.4, 0.5) is 15.3 Å². The number of rotatable bonds is 5. The number of aromatic nitrogens is 2. The smallest absolute Gasteiger partial charge is 0.410 e. The molecule has 0 saturated carbocycles. The Hall–Kier alpha value is -3.03. The molecule has 1 aliphatic rings. The average molecular weight is 428 g/mol. The molecule has 2 aromatic rings. The monoisotopic (exact) mass is 427 g/mol. The summed E-state index contributed by atoms with van der Waals surface area (Å²) in [5.74, 6) is 0.225. The maximum atomic E-state index is 12.8. The first-order valence-corrected chi connectivity index (χ1v) is 10.8. The van der Waals surface area contributed by atoms with Gasteiger partial charge in [-0.05, 0) is 63.3 Å². The Labute approximate surface area is 184 Å². The number of benzene rings is 1. The molecule has 2 heterocycles. The standard InChI is InChI=1S/C23H33N5O3/c1-23(2,3)31-22(30)26(4)15-19-9-6-12-27(16-19)21(29)25-20-10-5-8-18(14-20)17-28-13-7-11-24-28/h5,7-8,10-11,13-14,19H,6,9,12,15-17H2,1-4H3,(H,25,29). The molecule has 8 nitrogen and oxygen atoms in total. The summed E-state index contributed by atoms with van der Waals surface area (Å²) in [5, 5.41) is 7.23. The second-order valence-corrected chi connectivity index (χ2v) is 9.15. The van der Waals surface area contributed by atoms with Gasteiger partial charge in [0.05, 0.1) is 6.54 Å². The second-order valence-electron chi connectivity index (χ2n) is 9.15. The maximum absolute atomic E-state index is 12.8. The Balaban J connectivity index is 1.53. The zero-order valence-corrected chi connectivity index (χ0v) is 18.9. The van der Waals surface area contributed by atoms with Crippen LogP contribution in [0, 0.1) is 5.92 Å². The van der Waals surface area contributed by atoms with Crippen LogP contribution >= 0.6 is 0 Å². The van der Waals surface area contributed by atoms with E-state index in [-0.39, 0.29) is 18.0 Å². The van der Waals surface area contributed by atoms with Crippen LogP contribution in [-0.2, 0) is 11.3 Å². The Morgan fingerprint density at radius 2 is 2.10 bits per heavy atom. The number of hydrogen-bond donors (Lipinski definition) is 1. The van der Waals surface area contributed by atoms with E-state index in [2.05, 4.69) is 10.4 Å². The van der Waals surface area contributed by atoms with Crippen LogP contribution in [-0.4, -0.2) is 64.0 Å². The fourth-order valence-electron chi connectivity index (χ4n) is 3.73. The van der Waals surface area contributed by atoms with Crippen molar-refractivity contribution in [3.8, 4) is 0 Å². The second kappa shape index (κ2) is 9.85. The SMILES string of the molecule is CN(CC1CCCN(C(=O)Nc2cccc(Cn3cccn3)c2)C1)C(=O)OC(C)(C)C. The summed E-state index contributed by atoms with van der Waals surface area (Å²) in [4.78, 5) is 28.5. The summed E-state index contributed by atoms with van der Waals surface area (Å²) in [6.07, 6.45) is 5.23. The van der Waals surface area contributed by atoms with Gasteiger partial charge in [-0.15, -0.1) is 0 Å². The molecule has 0 aliphatic carbocycles. The molecule has 0 bridgehead atoms. The number of amides is 3. The highest BCUT2D eigenvalue weighted by atomic mass is 16.6. The van der Waals surface area contributed by atoms with E-state index in [1.165, 1.54) is 0 Å². The highest BCUT2D eigenvalue weighted by molar-refractivity contribution is 5.89. The molecule has 31 heavy (non-hydrogen) atoms. The van der Waals surface area contributed by atoms with Crippen molar-refractivity contribution in [1.82, 2.24) is 19.6 Å². The first-order valence-electron chi connectivity index (χ1n) is 10.8. The van der Waals surface area contributed by atoms with E-state index >= 15 is 0 Å². The van der Waals surface area contributed by atoms with Gasteiger partial charge in [0.2, 0.25) is 0 Å². The van der Waals surface area contributed by atoms with Crippen molar-refractivity contribution in [2.45, 2.75) is 45.8 Å². The number of nitrogens with one attached hydrogen (secondary N) is 1. The molecule has 1 atom stereocenters. The number of nitrogens with zero attached hydrogens (tertiary/aromatic N) is 4. The third kappa shape index (κ3) is 7.01. The molecule has 1 saturated heterocycles. The Kier molecular flexibility index (Phi) is 7.20. The summed E-state index contributed by atoms with van der Waals surface area (Å²) in [6.45, 7) is 8.12. The van der Waals surface area contributed by atoms with E-state index in [0.29, 0.717) is 26.2 Å². The largest absolute Gasteiger partial charge is 0.444 e. The summed E-state index contributed by atoms with van der Waals surface area (Å²) in [6, 6.07) is 9.59. The number of carbonyl (C=O) groups excluding carboxylic acids is 2. The third-order valence-electron chi connectivity index (χ3n) is 5.13. The predicted molar refractivity (Wildman–Crippen MR) is 120 cm³/mol. The molecule has 1 fully saturated rings. The molecule has 1 unspecified atom stereocenters. The first-order chi connectivity index (χ1) is 14.7. The van der Waals surface area contributed by atoms with Crippen molar-refractivity contribution < 1.29 is 14.3 Å². The summed E-state index contributed by atoms with van der Waals surface area (Å²) < 4.78 is 7.28. The third-order valence-corrected chi connectivity index (χ3v) is 5.13. The lowest BCUT2D eigenvalue weighted by molar-refractivity contribution is 0.0253. The normalized spacial score (nSPS) is 16.6. The van der Waals surface area contributed by atoms with Gasteiger partial charge in [0.1, 0.15) is 5.60 Å². The molecule has 0 radical (unpaired) electrons.